The molecular weight excluding hydrogens is 283 g/mol. The Morgan fingerprint density at radius 3 is 2.11 bits per heavy atom. The molecule has 0 atom stereocenters. The maximum absolute atomic E-state index is 8.74. The third-order valence-electron chi connectivity index (χ3n) is 1.36. The molecule has 104 valence electrons. The Balaban J connectivity index is -0.000000320. The molecule has 0 spiro atoms. The number of hydrogen-bond donors (Lipinski definition) is 2. The standard InChI is InChI=1S/C11H12O.Na.H2O4S.H2O.H/c1-2-3-7-10-12-11-8-5-4-6-9-11;;1-5(2,3)4;;/h2-9H,1,10H2;;(H2,1,2,3,4);1H2;. The number of allylic oxidation sites excluding steroid dienone is 2. The number of benzene rings is 1. The van der Waals surface area contributed by atoms with Gasteiger partial charge >= 0.3 is 40.0 Å². The molecule has 0 saturated carbocycles. The summed E-state index contributed by atoms with van der Waals surface area (Å²) in [4.78, 5) is 0. The van der Waals surface area contributed by atoms with Crippen molar-refractivity contribution in [2.45, 2.75) is 0 Å². The summed E-state index contributed by atoms with van der Waals surface area (Å²) in [5.41, 5.74) is 0. The average molecular weight is 300 g/mol. The molecule has 0 saturated heterocycles. The zero-order chi connectivity index (χ0) is 13.1. The maximum atomic E-state index is 8.74. The second-order valence-electron chi connectivity index (χ2n) is 2.74. The third-order valence-corrected chi connectivity index (χ3v) is 1.36. The van der Waals surface area contributed by atoms with Crippen molar-refractivity contribution in [2.24, 2.45) is 0 Å². The second kappa shape index (κ2) is 13.8. The van der Waals surface area contributed by atoms with Crippen LogP contribution in [-0.4, -0.2) is 59.2 Å². The molecule has 4 N–H and O–H groups in total. The van der Waals surface area contributed by atoms with E-state index in [-0.39, 0.29) is 35.0 Å². The van der Waals surface area contributed by atoms with Crippen LogP contribution < -0.4 is 4.74 Å². The van der Waals surface area contributed by atoms with Gasteiger partial charge in [0.1, 0.15) is 12.4 Å². The summed E-state index contributed by atoms with van der Waals surface area (Å²) in [5.74, 6) is 0.895. The molecule has 1 rings (SSSR count). The van der Waals surface area contributed by atoms with Crippen LogP contribution in [0.3, 0.4) is 0 Å². The Morgan fingerprint density at radius 2 is 1.68 bits per heavy atom. The fourth-order valence-electron chi connectivity index (χ4n) is 0.813. The average Bonchev–Trinajstić information content (AvgIpc) is 2.24. The van der Waals surface area contributed by atoms with Gasteiger partial charge < -0.3 is 10.2 Å². The van der Waals surface area contributed by atoms with Crippen LogP contribution in [0.4, 0.5) is 0 Å². The van der Waals surface area contributed by atoms with Gasteiger partial charge in [0.25, 0.3) is 0 Å². The summed E-state index contributed by atoms with van der Waals surface area (Å²) in [6.45, 7) is 4.16. The van der Waals surface area contributed by atoms with Gasteiger partial charge in [0, 0.05) is 0 Å². The van der Waals surface area contributed by atoms with Gasteiger partial charge in [0.2, 0.25) is 0 Å². The van der Waals surface area contributed by atoms with Gasteiger partial charge in [0.15, 0.2) is 0 Å². The molecule has 0 heterocycles. The molecule has 0 bridgehead atoms. The van der Waals surface area contributed by atoms with Gasteiger partial charge in [0.05, 0.1) is 0 Å². The molecule has 6 nitrogen and oxygen atoms in total. The van der Waals surface area contributed by atoms with Crippen LogP contribution in [0.2, 0.25) is 0 Å². The normalized spacial score (nSPS) is 9.37. The molecule has 0 aliphatic carbocycles. The van der Waals surface area contributed by atoms with Crippen molar-refractivity contribution in [3.05, 3.63) is 55.1 Å². The van der Waals surface area contributed by atoms with E-state index in [4.69, 9.17) is 22.3 Å². The van der Waals surface area contributed by atoms with E-state index < -0.39 is 10.4 Å². The number of rotatable bonds is 4. The fraction of sp³-hybridized carbons (Fsp3) is 0.0909. The van der Waals surface area contributed by atoms with Crippen molar-refractivity contribution >= 4 is 40.0 Å². The quantitative estimate of drug-likeness (QED) is 0.482. The van der Waals surface area contributed by atoms with Crippen molar-refractivity contribution in [3.63, 3.8) is 0 Å². The fourth-order valence-corrected chi connectivity index (χ4v) is 0.813. The predicted molar refractivity (Wildman–Crippen MR) is 76.2 cm³/mol. The molecule has 1 aromatic rings. The first-order valence-corrected chi connectivity index (χ1v) is 5.98. The molecule has 0 aromatic heterocycles. The Hall–Kier alpha value is -0.670. The summed E-state index contributed by atoms with van der Waals surface area (Å²) >= 11 is 0. The van der Waals surface area contributed by atoms with Crippen LogP contribution in [0.5, 0.6) is 5.75 Å². The van der Waals surface area contributed by atoms with Crippen LogP contribution in [0, 0.1) is 0 Å². The van der Waals surface area contributed by atoms with Gasteiger partial charge in [-0.05, 0) is 18.2 Å². The first-order valence-electron chi connectivity index (χ1n) is 4.59. The first-order chi connectivity index (χ1) is 7.93. The van der Waals surface area contributed by atoms with Crippen molar-refractivity contribution in [3.8, 4) is 5.75 Å². The summed E-state index contributed by atoms with van der Waals surface area (Å²) in [6, 6.07) is 9.73. The van der Waals surface area contributed by atoms with Gasteiger partial charge in [-0.25, -0.2) is 0 Å². The summed E-state index contributed by atoms with van der Waals surface area (Å²) < 4.78 is 37.0. The van der Waals surface area contributed by atoms with Crippen LogP contribution in [0.1, 0.15) is 0 Å². The monoisotopic (exact) mass is 300 g/mol. The van der Waals surface area contributed by atoms with E-state index >= 15 is 0 Å². The molecule has 0 amide bonds. The van der Waals surface area contributed by atoms with Crippen LogP contribution in [0.25, 0.3) is 0 Å². The Kier molecular flexibility index (Phi) is 17.0. The number of ether oxygens (including phenoxy) is 1. The topological polar surface area (TPSA) is 115 Å². The molecule has 1 aromatic carbocycles. The first kappa shape index (κ1) is 23.4. The van der Waals surface area contributed by atoms with Gasteiger partial charge in [-0.1, -0.05) is 36.9 Å². The van der Waals surface area contributed by atoms with Gasteiger partial charge in [-0.3, -0.25) is 9.11 Å². The van der Waals surface area contributed by atoms with Gasteiger partial charge in [-0.15, -0.1) is 0 Å². The molecule has 8 heteroatoms. The minimum absolute atomic E-state index is 0. The second-order valence-corrected chi connectivity index (χ2v) is 3.63. The zero-order valence-corrected chi connectivity index (χ0v) is 10.4. The van der Waals surface area contributed by atoms with E-state index in [1.807, 2.05) is 42.5 Å². The van der Waals surface area contributed by atoms with Crippen molar-refractivity contribution in [1.29, 1.82) is 0 Å². The number of para-hydroxylation sites is 1. The minimum atomic E-state index is -4.67. The molecule has 0 fully saturated rings. The van der Waals surface area contributed by atoms with Gasteiger partial charge in [-0.2, -0.15) is 8.42 Å². The third kappa shape index (κ3) is 22.9. The van der Waals surface area contributed by atoms with E-state index in [9.17, 15) is 0 Å². The summed E-state index contributed by atoms with van der Waals surface area (Å²) in [6.07, 6.45) is 5.51. The molecular formula is C11H17NaO6S. The Morgan fingerprint density at radius 1 is 1.21 bits per heavy atom. The van der Waals surface area contributed by atoms with Crippen LogP contribution in [-0.2, 0) is 10.4 Å². The van der Waals surface area contributed by atoms with E-state index in [1.165, 1.54) is 0 Å². The zero-order valence-electron chi connectivity index (χ0n) is 9.56. The van der Waals surface area contributed by atoms with Crippen molar-refractivity contribution in [1.82, 2.24) is 0 Å². The summed E-state index contributed by atoms with van der Waals surface area (Å²) in [5, 5.41) is 0. The SMILES string of the molecule is C=CC=CCOc1ccccc1.O.O=S(=O)(O)O.[NaH]. The molecule has 0 radical (unpaired) electrons. The Labute approximate surface area is 135 Å². The Bertz CT molecular complexity index is 436. The van der Waals surface area contributed by atoms with E-state index in [0.29, 0.717) is 6.61 Å². The van der Waals surface area contributed by atoms with Crippen LogP contribution in [0.15, 0.2) is 55.1 Å². The molecule has 19 heavy (non-hydrogen) atoms. The number of hydrogen-bond acceptors (Lipinski definition) is 3. The van der Waals surface area contributed by atoms with Crippen molar-refractivity contribution in [2.75, 3.05) is 6.61 Å². The molecule has 0 aliphatic heterocycles. The summed E-state index contributed by atoms with van der Waals surface area (Å²) in [7, 11) is -4.67. The van der Waals surface area contributed by atoms with E-state index in [2.05, 4.69) is 6.58 Å². The van der Waals surface area contributed by atoms with Crippen LogP contribution >= 0.6 is 0 Å². The predicted octanol–water partition coefficient (Wildman–Crippen LogP) is 0.682. The molecule has 0 unspecified atom stereocenters. The molecule has 0 aliphatic rings. The van der Waals surface area contributed by atoms with Crippen molar-refractivity contribution < 1.29 is 27.7 Å². The van der Waals surface area contributed by atoms with E-state index in [0.717, 1.165) is 5.75 Å². The van der Waals surface area contributed by atoms with E-state index in [1.54, 1.807) is 6.08 Å².